The molecule has 8 heteroatoms. The first-order valence-corrected chi connectivity index (χ1v) is 15.3. The fourth-order valence-corrected chi connectivity index (χ4v) is 7.37. The lowest BCUT2D eigenvalue weighted by atomic mass is 9.93. The standard InChI is InChI=1S/C34H29N3O4S/c38-34(39)30-8-4-5-26(32(30)28-16-15-25-17-18-36-31(25)23-28)12-9-24-10-13-27(14-11-24)33(37-21-19-35-20-22-37)42(40,41)29-6-2-1-3-7-29/h1-8,10-11,13-18,23,33,35-36H,19-22H2,(H,38,39). The van der Waals surface area contributed by atoms with Gasteiger partial charge < -0.3 is 15.4 Å². The molecule has 1 atom stereocenters. The maximum Gasteiger partial charge on any atom is 0.336 e. The van der Waals surface area contributed by atoms with Gasteiger partial charge in [0.25, 0.3) is 0 Å². The van der Waals surface area contributed by atoms with Crippen LogP contribution >= 0.6 is 0 Å². The number of benzene rings is 4. The van der Waals surface area contributed by atoms with Crippen LogP contribution in [0.4, 0.5) is 0 Å². The Morgan fingerprint density at radius 3 is 2.36 bits per heavy atom. The van der Waals surface area contributed by atoms with E-state index in [1.807, 2.05) is 71.8 Å². The molecular formula is C34H29N3O4S. The van der Waals surface area contributed by atoms with Crippen molar-refractivity contribution in [1.29, 1.82) is 0 Å². The molecule has 0 bridgehead atoms. The van der Waals surface area contributed by atoms with E-state index in [4.69, 9.17) is 0 Å². The number of aromatic carboxylic acids is 1. The molecular weight excluding hydrogens is 546 g/mol. The van der Waals surface area contributed by atoms with Crippen LogP contribution in [0.15, 0.2) is 108 Å². The second-order valence-electron chi connectivity index (χ2n) is 10.2. The second-order valence-corrected chi connectivity index (χ2v) is 12.2. The number of sulfone groups is 1. The maximum absolute atomic E-state index is 13.8. The molecule has 0 saturated carbocycles. The molecule has 210 valence electrons. The van der Waals surface area contributed by atoms with Crippen molar-refractivity contribution in [2.45, 2.75) is 10.3 Å². The van der Waals surface area contributed by atoms with E-state index in [1.165, 1.54) is 0 Å². The number of fused-ring (bicyclic) bond motifs is 1. The molecule has 0 radical (unpaired) electrons. The van der Waals surface area contributed by atoms with Gasteiger partial charge in [-0.3, -0.25) is 4.90 Å². The van der Waals surface area contributed by atoms with Gasteiger partial charge in [-0.05, 0) is 65.0 Å². The third-order valence-corrected chi connectivity index (χ3v) is 9.61. The molecule has 0 amide bonds. The van der Waals surface area contributed by atoms with Gasteiger partial charge in [0.05, 0.1) is 10.5 Å². The zero-order valence-corrected chi connectivity index (χ0v) is 23.6. The van der Waals surface area contributed by atoms with E-state index in [0.717, 1.165) is 29.6 Å². The molecule has 1 aromatic heterocycles. The third kappa shape index (κ3) is 5.46. The molecule has 4 aromatic carbocycles. The number of nitrogens with one attached hydrogen (secondary N) is 2. The summed E-state index contributed by atoms with van der Waals surface area (Å²) in [6.45, 7) is 2.68. The molecule has 0 aliphatic carbocycles. The first kappa shape index (κ1) is 27.5. The molecule has 1 fully saturated rings. The Morgan fingerprint density at radius 2 is 1.62 bits per heavy atom. The number of H-pyrrole nitrogens is 1. The van der Waals surface area contributed by atoms with Gasteiger partial charge in [0, 0.05) is 54.6 Å². The van der Waals surface area contributed by atoms with Crippen molar-refractivity contribution in [1.82, 2.24) is 15.2 Å². The number of carboxylic acid groups (broad SMARTS) is 1. The summed E-state index contributed by atoms with van der Waals surface area (Å²) in [5, 5.41) is 13.5. The summed E-state index contributed by atoms with van der Waals surface area (Å²) in [4.78, 5) is 17.6. The van der Waals surface area contributed by atoms with Crippen molar-refractivity contribution in [3.63, 3.8) is 0 Å². The van der Waals surface area contributed by atoms with Crippen molar-refractivity contribution < 1.29 is 18.3 Å². The molecule has 5 aromatic rings. The van der Waals surface area contributed by atoms with E-state index in [2.05, 4.69) is 22.1 Å². The van der Waals surface area contributed by atoms with Crippen LogP contribution in [0.1, 0.15) is 32.4 Å². The molecule has 42 heavy (non-hydrogen) atoms. The number of piperazine rings is 1. The zero-order chi connectivity index (χ0) is 29.1. The van der Waals surface area contributed by atoms with Crippen molar-refractivity contribution in [2.75, 3.05) is 26.2 Å². The van der Waals surface area contributed by atoms with Gasteiger partial charge in [-0.2, -0.15) is 0 Å². The van der Waals surface area contributed by atoms with Crippen molar-refractivity contribution in [2.24, 2.45) is 0 Å². The first-order chi connectivity index (χ1) is 20.4. The molecule has 6 rings (SSSR count). The third-order valence-electron chi connectivity index (χ3n) is 7.52. The van der Waals surface area contributed by atoms with Crippen LogP contribution in [0.2, 0.25) is 0 Å². The van der Waals surface area contributed by atoms with Crippen LogP contribution in [-0.4, -0.2) is 55.6 Å². The zero-order valence-electron chi connectivity index (χ0n) is 22.7. The Balaban J connectivity index is 1.36. The smallest absolute Gasteiger partial charge is 0.336 e. The normalized spacial score (nSPS) is 14.7. The average Bonchev–Trinajstić information content (AvgIpc) is 3.49. The topological polar surface area (TPSA) is 102 Å². The Bertz CT molecular complexity index is 1910. The van der Waals surface area contributed by atoms with Crippen LogP contribution in [0, 0.1) is 11.8 Å². The summed E-state index contributed by atoms with van der Waals surface area (Å²) < 4.78 is 27.6. The molecule has 1 aliphatic rings. The van der Waals surface area contributed by atoms with Crippen LogP contribution in [0.3, 0.4) is 0 Å². The van der Waals surface area contributed by atoms with Gasteiger partial charge in [0.1, 0.15) is 5.37 Å². The quantitative estimate of drug-likeness (QED) is 0.237. The molecule has 1 aliphatic heterocycles. The van der Waals surface area contributed by atoms with Crippen molar-refractivity contribution in [3.05, 3.63) is 126 Å². The van der Waals surface area contributed by atoms with E-state index < -0.39 is 21.2 Å². The highest BCUT2D eigenvalue weighted by Gasteiger charge is 2.35. The van der Waals surface area contributed by atoms with Crippen LogP contribution in [0.5, 0.6) is 0 Å². The Labute approximate surface area is 244 Å². The van der Waals surface area contributed by atoms with E-state index in [1.54, 1.807) is 36.4 Å². The monoisotopic (exact) mass is 575 g/mol. The summed E-state index contributed by atoms with van der Waals surface area (Å²) >= 11 is 0. The summed E-state index contributed by atoms with van der Waals surface area (Å²) in [5.74, 6) is 5.31. The molecule has 7 nitrogen and oxygen atoms in total. The lowest BCUT2D eigenvalue weighted by molar-refractivity contribution is 0.0697. The Kier molecular flexibility index (Phi) is 7.64. The molecule has 2 heterocycles. The van der Waals surface area contributed by atoms with Crippen LogP contribution in [0.25, 0.3) is 22.0 Å². The van der Waals surface area contributed by atoms with Gasteiger partial charge in [-0.25, -0.2) is 13.2 Å². The van der Waals surface area contributed by atoms with Gasteiger partial charge >= 0.3 is 5.97 Å². The molecule has 1 saturated heterocycles. The summed E-state index contributed by atoms with van der Waals surface area (Å²) in [5.41, 5.74) is 4.36. The molecule has 3 N–H and O–H groups in total. The fourth-order valence-electron chi connectivity index (χ4n) is 5.46. The molecule has 0 spiro atoms. The highest BCUT2D eigenvalue weighted by molar-refractivity contribution is 7.91. The van der Waals surface area contributed by atoms with E-state index >= 15 is 0 Å². The first-order valence-electron chi connectivity index (χ1n) is 13.7. The van der Waals surface area contributed by atoms with E-state index in [-0.39, 0.29) is 5.56 Å². The van der Waals surface area contributed by atoms with E-state index in [0.29, 0.717) is 40.2 Å². The lowest BCUT2D eigenvalue weighted by Gasteiger charge is -2.34. The highest BCUT2D eigenvalue weighted by Crippen LogP contribution is 2.33. The van der Waals surface area contributed by atoms with Crippen molar-refractivity contribution in [3.8, 4) is 23.0 Å². The van der Waals surface area contributed by atoms with Crippen molar-refractivity contribution >= 4 is 26.7 Å². The SMILES string of the molecule is O=C(O)c1cccc(C#Cc2ccc(C(N3CCNCC3)S(=O)(=O)c3ccccc3)cc2)c1-c1ccc2cc[nH]c2c1. The van der Waals surface area contributed by atoms with Gasteiger partial charge in [0.15, 0.2) is 9.84 Å². The Morgan fingerprint density at radius 1 is 0.857 bits per heavy atom. The number of aromatic nitrogens is 1. The minimum absolute atomic E-state index is 0.174. The maximum atomic E-state index is 13.8. The summed E-state index contributed by atoms with van der Waals surface area (Å²) in [7, 11) is -3.68. The highest BCUT2D eigenvalue weighted by atomic mass is 32.2. The second kappa shape index (κ2) is 11.7. The lowest BCUT2D eigenvalue weighted by Crippen LogP contribution is -2.47. The molecule has 1 unspecified atom stereocenters. The summed E-state index contributed by atoms with van der Waals surface area (Å²) in [6.07, 6.45) is 1.85. The number of nitrogens with zero attached hydrogens (tertiary/aromatic N) is 1. The number of rotatable bonds is 6. The number of carboxylic acids is 1. The number of aromatic amines is 1. The minimum atomic E-state index is -3.68. The van der Waals surface area contributed by atoms with Gasteiger partial charge in [0.2, 0.25) is 0 Å². The number of hydrogen-bond donors (Lipinski definition) is 3. The van der Waals surface area contributed by atoms with E-state index in [9.17, 15) is 18.3 Å². The number of hydrogen-bond acceptors (Lipinski definition) is 5. The van der Waals surface area contributed by atoms with Gasteiger partial charge in [-0.1, -0.05) is 60.4 Å². The van der Waals surface area contributed by atoms with Gasteiger partial charge in [-0.15, -0.1) is 0 Å². The average molecular weight is 576 g/mol. The minimum Gasteiger partial charge on any atom is -0.478 e. The summed E-state index contributed by atoms with van der Waals surface area (Å²) in [6, 6.07) is 28.7. The van der Waals surface area contributed by atoms with Crippen LogP contribution < -0.4 is 5.32 Å². The number of carbonyl (C=O) groups is 1. The predicted octanol–water partition coefficient (Wildman–Crippen LogP) is 5.31. The Hall–Kier alpha value is -4.68. The largest absolute Gasteiger partial charge is 0.478 e. The fraction of sp³-hybridized carbons (Fsp3) is 0.147. The predicted molar refractivity (Wildman–Crippen MR) is 164 cm³/mol. The van der Waals surface area contributed by atoms with Crippen LogP contribution in [-0.2, 0) is 9.84 Å².